The van der Waals surface area contributed by atoms with Gasteiger partial charge in [-0.3, -0.25) is 0 Å². The lowest BCUT2D eigenvalue weighted by Crippen LogP contribution is -2.52. The molecule has 0 aromatic rings. The second kappa shape index (κ2) is 7.51. The Kier molecular flexibility index (Phi) is 6.29. The van der Waals surface area contributed by atoms with Crippen molar-refractivity contribution >= 4 is 12.0 Å². The average Bonchev–Trinajstić information content (AvgIpc) is 2.42. The smallest absolute Gasteiger partial charge is 0.393 e. The van der Waals surface area contributed by atoms with Gasteiger partial charge in [0, 0.05) is 13.1 Å². The van der Waals surface area contributed by atoms with Gasteiger partial charge in [0.05, 0.1) is 5.92 Å². The monoisotopic (exact) mass is 310 g/mol. The van der Waals surface area contributed by atoms with Crippen LogP contribution in [0.3, 0.4) is 0 Å². The summed E-state index contributed by atoms with van der Waals surface area (Å²) in [5, 5.41) is 11.3. The Morgan fingerprint density at radius 1 is 1.43 bits per heavy atom. The number of hydrogen-bond acceptors (Lipinski definition) is 2. The number of alkyl halides is 3. The molecule has 1 saturated heterocycles. The van der Waals surface area contributed by atoms with Gasteiger partial charge < -0.3 is 15.3 Å². The van der Waals surface area contributed by atoms with Gasteiger partial charge in [0.25, 0.3) is 0 Å². The van der Waals surface area contributed by atoms with Crippen LogP contribution in [-0.4, -0.2) is 47.3 Å². The van der Waals surface area contributed by atoms with Crippen molar-refractivity contribution in [2.24, 2.45) is 5.92 Å². The maximum absolute atomic E-state index is 12.7. The number of piperidine rings is 1. The fraction of sp³-hybridized carbons (Fsp3) is 0.846. The van der Waals surface area contributed by atoms with Crippen molar-refractivity contribution < 1.29 is 27.9 Å². The Labute approximate surface area is 121 Å². The first-order valence-corrected chi connectivity index (χ1v) is 7.10. The maximum Gasteiger partial charge on any atom is 0.393 e. The zero-order chi connectivity index (χ0) is 16.0. The molecular formula is C13H21F3N2O3. The van der Waals surface area contributed by atoms with E-state index in [4.69, 9.17) is 5.11 Å². The summed E-state index contributed by atoms with van der Waals surface area (Å²) in [6.07, 6.45) is -2.38. The van der Waals surface area contributed by atoms with Crippen molar-refractivity contribution in [1.29, 1.82) is 0 Å². The lowest BCUT2D eigenvalue weighted by Gasteiger charge is -2.34. The van der Waals surface area contributed by atoms with Crippen LogP contribution < -0.4 is 5.32 Å². The van der Waals surface area contributed by atoms with Crippen LogP contribution in [0.4, 0.5) is 18.0 Å². The molecule has 1 rings (SSSR count). The van der Waals surface area contributed by atoms with Crippen molar-refractivity contribution in [2.45, 2.75) is 51.2 Å². The van der Waals surface area contributed by atoms with Gasteiger partial charge >= 0.3 is 18.2 Å². The molecule has 0 aromatic carbocycles. The minimum atomic E-state index is -4.33. The van der Waals surface area contributed by atoms with E-state index in [0.29, 0.717) is 6.42 Å². The molecule has 0 radical (unpaired) electrons. The van der Waals surface area contributed by atoms with Crippen molar-refractivity contribution in [3.05, 3.63) is 0 Å². The van der Waals surface area contributed by atoms with Crippen LogP contribution in [0.25, 0.3) is 0 Å². The number of unbranched alkanes of at least 4 members (excludes halogenated alkanes) is 1. The first kappa shape index (κ1) is 17.6. The molecule has 2 amide bonds. The number of amides is 2. The summed E-state index contributed by atoms with van der Waals surface area (Å²) in [6, 6.07) is -1.78. The van der Waals surface area contributed by atoms with Gasteiger partial charge in [0.15, 0.2) is 0 Å². The van der Waals surface area contributed by atoms with E-state index in [-0.39, 0.29) is 25.8 Å². The molecule has 122 valence electrons. The van der Waals surface area contributed by atoms with Crippen molar-refractivity contribution in [3.63, 3.8) is 0 Å². The summed E-state index contributed by atoms with van der Waals surface area (Å²) in [5.74, 6) is -2.70. The minimum Gasteiger partial charge on any atom is -0.480 e. The number of nitrogens with one attached hydrogen (secondary N) is 1. The molecule has 0 saturated carbocycles. The van der Waals surface area contributed by atoms with E-state index in [9.17, 15) is 22.8 Å². The van der Waals surface area contributed by atoms with Crippen molar-refractivity contribution in [3.8, 4) is 0 Å². The third-order valence-electron chi connectivity index (χ3n) is 3.61. The molecule has 1 aliphatic rings. The first-order valence-electron chi connectivity index (χ1n) is 7.10. The standard InChI is InChI=1S/C13H21F3N2O3/c1-2-3-6-10(11(19)20)17-12(21)18-7-4-5-9(8-18)13(14,15)16/h9-10H,2-8H2,1H3,(H,17,21)(H,19,20). The number of likely N-dealkylation sites (tertiary alicyclic amines) is 1. The predicted molar refractivity (Wildman–Crippen MR) is 69.8 cm³/mol. The van der Waals surface area contributed by atoms with Gasteiger partial charge in [0.1, 0.15) is 6.04 Å². The number of nitrogens with zero attached hydrogens (tertiary/aromatic N) is 1. The van der Waals surface area contributed by atoms with Gasteiger partial charge in [-0.1, -0.05) is 19.8 Å². The lowest BCUT2D eigenvalue weighted by molar-refractivity contribution is -0.184. The van der Waals surface area contributed by atoms with Gasteiger partial charge in [-0.15, -0.1) is 0 Å². The van der Waals surface area contributed by atoms with E-state index in [1.165, 1.54) is 0 Å². The number of hydrogen-bond donors (Lipinski definition) is 2. The summed E-state index contributed by atoms with van der Waals surface area (Å²) < 4.78 is 38.0. The fourth-order valence-electron chi connectivity index (χ4n) is 2.33. The molecule has 8 heteroatoms. The minimum absolute atomic E-state index is 0.00543. The van der Waals surface area contributed by atoms with Crippen LogP contribution in [0.1, 0.15) is 39.0 Å². The molecule has 0 aromatic heterocycles. The number of carbonyl (C=O) groups is 2. The highest BCUT2D eigenvalue weighted by atomic mass is 19.4. The summed E-state index contributed by atoms with van der Waals surface area (Å²) >= 11 is 0. The lowest BCUT2D eigenvalue weighted by atomic mass is 9.98. The summed E-state index contributed by atoms with van der Waals surface area (Å²) in [4.78, 5) is 24.0. The van der Waals surface area contributed by atoms with Gasteiger partial charge in [-0.25, -0.2) is 9.59 Å². The molecule has 5 nitrogen and oxygen atoms in total. The number of carbonyl (C=O) groups excluding carboxylic acids is 1. The summed E-state index contributed by atoms with van der Waals surface area (Å²) in [6.45, 7) is 1.70. The Morgan fingerprint density at radius 3 is 2.62 bits per heavy atom. The average molecular weight is 310 g/mol. The van der Waals surface area contributed by atoms with Crippen LogP contribution in [-0.2, 0) is 4.79 Å². The van der Waals surface area contributed by atoms with Crippen LogP contribution in [0, 0.1) is 5.92 Å². The topological polar surface area (TPSA) is 69.6 Å². The van der Waals surface area contributed by atoms with E-state index < -0.39 is 36.7 Å². The molecule has 0 spiro atoms. The number of aliphatic carboxylic acids is 1. The van der Waals surface area contributed by atoms with Gasteiger partial charge in [-0.05, 0) is 19.3 Å². The third kappa shape index (κ3) is 5.43. The zero-order valence-electron chi connectivity index (χ0n) is 11.9. The molecule has 0 aliphatic carbocycles. The number of rotatable bonds is 5. The molecule has 2 N–H and O–H groups in total. The second-order valence-electron chi connectivity index (χ2n) is 5.31. The quantitative estimate of drug-likeness (QED) is 0.820. The first-order chi connectivity index (χ1) is 9.75. The highest BCUT2D eigenvalue weighted by Gasteiger charge is 2.42. The van der Waals surface area contributed by atoms with Crippen LogP contribution in [0.5, 0.6) is 0 Å². The highest BCUT2D eigenvalue weighted by Crippen LogP contribution is 2.33. The van der Waals surface area contributed by atoms with Crippen LogP contribution in [0.2, 0.25) is 0 Å². The van der Waals surface area contributed by atoms with E-state index in [1.807, 2.05) is 6.92 Å². The Hall–Kier alpha value is -1.47. The molecule has 2 unspecified atom stereocenters. The molecule has 21 heavy (non-hydrogen) atoms. The molecular weight excluding hydrogens is 289 g/mol. The Bertz CT molecular complexity index is 374. The highest BCUT2D eigenvalue weighted by molar-refractivity contribution is 5.82. The second-order valence-corrected chi connectivity index (χ2v) is 5.31. The van der Waals surface area contributed by atoms with E-state index in [1.54, 1.807) is 0 Å². The Morgan fingerprint density at radius 2 is 2.10 bits per heavy atom. The number of carboxylic acid groups (broad SMARTS) is 1. The summed E-state index contributed by atoms with van der Waals surface area (Å²) in [5.41, 5.74) is 0. The Balaban J connectivity index is 2.59. The van der Waals surface area contributed by atoms with Crippen molar-refractivity contribution in [2.75, 3.05) is 13.1 Å². The molecule has 2 atom stereocenters. The van der Waals surface area contributed by atoms with E-state index in [0.717, 1.165) is 11.3 Å². The third-order valence-corrected chi connectivity index (χ3v) is 3.61. The molecule has 0 bridgehead atoms. The van der Waals surface area contributed by atoms with Crippen molar-refractivity contribution in [1.82, 2.24) is 10.2 Å². The number of halogens is 3. The fourth-order valence-corrected chi connectivity index (χ4v) is 2.33. The molecule has 1 heterocycles. The van der Waals surface area contributed by atoms with Crippen LogP contribution >= 0.6 is 0 Å². The molecule has 1 fully saturated rings. The predicted octanol–water partition coefficient (Wildman–Crippen LogP) is 2.61. The maximum atomic E-state index is 12.7. The SMILES string of the molecule is CCCCC(NC(=O)N1CCCC(C(F)(F)F)C1)C(=O)O. The van der Waals surface area contributed by atoms with Crippen LogP contribution in [0.15, 0.2) is 0 Å². The number of urea groups is 1. The normalized spacial score (nSPS) is 21.0. The van der Waals surface area contributed by atoms with Gasteiger partial charge in [0.2, 0.25) is 0 Å². The van der Waals surface area contributed by atoms with Gasteiger partial charge in [-0.2, -0.15) is 13.2 Å². The van der Waals surface area contributed by atoms with E-state index in [2.05, 4.69) is 5.32 Å². The molecule has 1 aliphatic heterocycles. The number of carboxylic acids is 1. The largest absolute Gasteiger partial charge is 0.480 e. The zero-order valence-corrected chi connectivity index (χ0v) is 11.9. The summed E-state index contributed by atoms with van der Waals surface area (Å²) in [7, 11) is 0. The van der Waals surface area contributed by atoms with E-state index >= 15 is 0 Å².